The molecule has 1 aromatic heterocycles. The summed E-state index contributed by atoms with van der Waals surface area (Å²) in [7, 11) is 0.994. The van der Waals surface area contributed by atoms with Gasteiger partial charge < -0.3 is 74.5 Å². The van der Waals surface area contributed by atoms with E-state index in [0.29, 0.717) is 45.6 Å². The molecule has 9 atom stereocenters. The second-order valence-corrected chi connectivity index (χ2v) is 15.3. The van der Waals surface area contributed by atoms with Gasteiger partial charge >= 0.3 is 7.12 Å². The monoisotopic (exact) mass is 817 g/mol. The highest BCUT2D eigenvalue weighted by Gasteiger charge is 2.64. The molecule has 314 valence electrons. The maximum absolute atomic E-state index is 12.8. The lowest BCUT2D eigenvalue weighted by Gasteiger charge is -2.43. The molecular formula is C40H48BN5O13. The second-order valence-electron chi connectivity index (χ2n) is 15.3. The number of benzene rings is 3. The number of anilines is 1. The van der Waals surface area contributed by atoms with Gasteiger partial charge in [0.25, 0.3) is 0 Å². The molecule has 8 rings (SSSR count). The molecule has 5 heterocycles. The molecule has 4 aromatic rings. The van der Waals surface area contributed by atoms with Crippen molar-refractivity contribution in [1.82, 2.24) is 14.8 Å². The number of hydrogen-bond donors (Lipinski definition) is 9. The number of piperazine rings is 1. The van der Waals surface area contributed by atoms with Gasteiger partial charge in [0, 0.05) is 48.3 Å². The summed E-state index contributed by atoms with van der Waals surface area (Å²) in [6.07, 6.45) is -11.4. The smallest absolute Gasteiger partial charge is 0.494 e. The van der Waals surface area contributed by atoms with E-state index in [2.05, 4.69) is 27.1 Å². The number of aromatic amines is 1. The summed E-state index contributed by atoms with van der Waals surface area (Å²) in [5, 5.41) is 76.7. The molecule has 0 spiro atoms. The zero-order valence-electron chi connectivity index (χ0n) is 32.2. The maximum Gasteiger partial charge on any atom is 0.494 e. The van der Waals surface area contributed by atoms with E-state index in [9.17, 15) is 40.5 Å². The minimum atomic E-state index is -2.06. The number of aliphatic hydroxyl groups excluding tert-OH is 6. The van der Waals surface area contributed by atoms with Gasteiger partial charge in [-0.3, -0.25) is 9.69 Å². The number of ether oxygens (including phenoxy) is 3. The molecule has 19 heteroatoms. The summed E-state index contributed by atoms with van der Waals surface area (Å²) in [6, 6.07) is 21.8. The number of hydrogen-bond acceptors (Lipinski definition) is 16. The van der Waals surface area contributed by atoms with Crippen LogP contribution in [-0.4, -0.2) is 184 Å². The number of aliphatic hydroxyl groups is 6. The fraction of sp³-hybridized carbons (Fsp3) is 0.450. The third-order valence-electron chi connectivity index (χ3n) is 11.3. The van der Waals surface area contributed by atoms with Gasteiger partial charge in [0.2, 0.25) is 11.7 Å². The van der Waals surface area contributed by atoms with Crippen LogP contribution >= 0.6 is 0 Å². The standard InChI is InChI=1S/C40H48BN5O13/c1-45-13-15-46(16-14-45)18-30(50)42-24-8-10-25(11-9-24)43-32(22-5-3-2-4-6-22)31-26-12-7-23(17-27(26)44-38(31)54)41-58-36-29(20-48)56-40(21-49,37(36)59-41)57-39-35(53)34(52)33(51)28(19-47)55-39/h2-12,17,28-29,33-37,39,44,47-49,51-54H,13-16,18-21H2,1H3,(H,42,50)/t28-,29-,33-,34+,35-,36?,37+,39-,40+/m1/s1. The van der Waals surface area contributed by atoms with E-state index in [0.717, 1.165) is 31.7 Å². The van der Waals surface area contributed by atoms with E-state index in [-0.39, 0.29) is 11.8 Å². The fourth-order valence-electron chi connectivity index (χ4n) is 8.01. The SMILES string of the molecule is CN1CCN(CC(=O)Nc2ccc(N=C(c3ccccc3)c3c(O)[nH]c4cc(B5OC6[C@@H](CO)O[C@@](CO)(O[C@H]7O[C@H](CO)[C@@H](O)[C@H](O)[C@H]7O)[C@H]6O5)ccc34)cc2)CC1. The molecule has 0 bridgehead atoms. The number of H-pyrrole nitrogens is 1. The molecule has 4 saturated heterocycles. The van der Waals surface area contributed by atoms with E-state index in [4.69, 9.17) is 28.5 Å². The number of nitrogens with zero attached hydrogens (tertiary/aromatic N) is 3. The second kappa shape index (κ2) is 17.3. The van der Waals surface area contributed by atoms with Crippen LogP contribution in [0.3, 0.4) is 0 Å². The molecule has 0 saturated carbocycles. The molecule has 1 unspecified atom stereocenters. The van der Waals surface area contributed by atoms with Crippen molar-refractivity contribution in [1.29, 1.82) is 0 Å². The Hall–Kier alpha value is -4.32. The van der Waals surface area contributed by atoms with Gasteiger partial charge in [-0.1, -0.05) is 42.5 Å². The number of aliphatic imine (C=N–C) groups is 1. The number of likely N-dealkylation sites (N-methyl/N-ethyl adjacent to an activating group) is 1. The first-order valence-corrected chi connectivity index (χ1v) is 19.5. The average molecular weight is 818 g/mol. The van der Waals surface area contributed by atoms with Gasteiger partial charge in [-0.2, -0.15) is 0 Å². The van der Waals surface area contributed by atoms with Gasteiger partial charge in [0.05, 0.1) is 36.7 Å². The third kappa shape index (κ3) is 8.27. The van der Waals surface area contributed by atoms with Gasteiger partial charge in [-0.05, 0) is 42.8 Å². The summed E-state index contributed by atoms with van der Waals surface area (Å²) in [5.74, 6) is -2.29. The van der Waals surface area contributed by atoms with Crippen molar-refractivity contribution in [2.45, 2.75) is 54.8 Å². The van der Waals surface area contributed by atoms with Gasteiger partial charge in [0.15, 0.2) is 12.2 Å². The van der Waals surface area contributed by atoms with E-state index < -0.39 is 81.7 Å². The number of amides is 1. The van der Waals surface area contributed by atoms with Crippen LogP contribution in [0.4, 0.5) is 11.4 Å². The van der Waals surface area contributed by atoms with Crippen LogP contribution in [0.1, 0.15) is 11.1 Å². The predicted molar refractivity (Wildman–Crippen MR) is 212 cm³/mol. The number of carbonyl (C=O) groups excluding carboxylic acids is 1. The van der Waals surface area contributed by atoms with Crippen LogP contribution in [-0.2, 0) is 28.3 Å². The van der Waals surface area contributed by atoms with E-state index in [1.807, 2.05) is 30.3 Å². The Labute approximate surface area is 339 Å². The van der Waals surface area contributed by atoms with Gasteiger partial charge in [-0.25, -0.2) is 4.99 Å². The third-order valence-corrected chi connectivity index (χ3v) is 11.3. The maximum atomic E-state index is 12.8. The van der Waals surface area contributed by atoms with Crippen molar-refractivity contribution in [3.63, 3.8) is 0 Å². The number of aromatic nitrogens is 1. The summed E-state index contributed by atoms with van der Waals surface area (Å²) in [4.78, 5) is 25.2. The quantitative estimate of drug-likeness (QED) is 0.0590. The predicted octanol–water partition coefficient (Wildman–Crippen LogP) is -1.40. The fourth-order valence-corrected chi connectivity index (χ4v) is 8.01. The molecule has 59 heavy (non-hydrogen) atoms. The number of nitrogens with one attached hydrogen (secondary N) is 2. The lowest BCUT2D eigenvalue weighted by Crippen LogP contribution is -2.62. The van der Waals surface area contributed by atoms with Crippen molar-refractivity contribution in [3.8, 4) is 5.88 Å². The van der Waals surface area contributed by atoms with Crippen molar-refractivity contribution >= 4 is 46.5 Å². The van der Waals surface area contributed by atoms with Crippen LogP contribution < -0.4 is 10.8 Å². The number of fused-ring (bicyclic) bond motifs is 2. The van der Waals surface area contributed by atoms with Gasteiger partial charge in [0.1, 0.15) is 49.3 Å². The van der Waals surface area contributed by atoms with Crippen molar-refractivity contribution in [3.05, 3.63) is 83.9 Å². The molecule has 0 aliphatic carbocycles. The lowest BCUT2D eigenvalue weighted by atomic mass is 9.78. The summed E-state index contributed by atoms with van der Waals surface area (Å²) in [5.41, 5.74) is 3.90. The topological polar surface area (TPSA) is 251 Å². The zero-order chi connectivity index (χ0) is 41.4. The highest BCUT2D eigenvalue weighted by atomic mass is 16.8. The van der Waals surface area contributed by atoms with Crippen molar-refractivity contribution in [2.24, 2.45) is 4.99 Å². The minimum absolute atomic E-state index is 0.0915. The summed E-state index contributed by atoms with van der Waals surface area (Å²) >= 11 is 0. The molecule has 9 N–H and O–H groups in total. The van der Waals surface area contributed by atoms with E-state index in [1.54, 1.807) is 42.5 Å². The highest BCUT2D eigenvalue weighted by molar-refractivity contribution is 6.62. The Balaban J connectivity index is 1.03. The molecule has 1 amide bonds. The molecule has 4 fully saturated rings. The molecule has 18 nitrogen and oxygen atoms in total. The average Bonchev–Trinajstić information content (AvgIpc) is 3.92. The van der Waals surface area contributed by atoms with Crippen LogP contribution in [0.5, 0.6) is 5.88 Å². The Morgan fingerprint density at radius 2 is 1.66 bits per heavy atom. The van der Waals surface area contributed by atoms with E-state index >= 15 is 0 Å². The van der Waals surface area contributed by atoms with Crippen LogP contribution in [0.25, 0.3) is 10.9 Å². The summed E-state index contributed by atoms with van der Waals surface area (Å²) in [6.45, 7) is 1.72. The molecular weight excluding hydrogens is 769 g/mol. The first kappa shape index (κ1) is 41.4. The van der Waals surface area contributed by atoms with Crippen molar-refractivity contribution in [2.75, 3.05) is 64.9 Å². The first-order valence-electron chi connectivity index (χ1n) is 19.5. The Morgan fingerprint density at radius 1 is 0.932 bits per heavy atom. The van der Waals surface area contributed by atoms with Crippen LogP contribution in [0, 0.1) is 0 Å². The summed E-state index contributed by atoms with van der Waals surface area (Å²) < 4.78 is 29.8. The Morgan fingerprint density at radius 3 is 2.36 bits per heavy atom. The molecule has 3 aromatic carbocycles. The lowest BCUT2D eigenvalue weighted by molar-refractivity contribution is -0.381. The normalized spacial score (nSPS) is 30.6. The number of aromatic hydroxyl groups is 1. The Kier molecular flexibility index (Phi) is 12.2. The Bertz CT molecular complexity index is 2120. The van der Waals surface area contributed by atoms with Crippen molar-refractivity contribution < 1.29 is 64.1 Å². The zero-order valence-corrected chi connectivity index (χ0v) is 32.2. The van der Waals surface area contributed by atoms with Gasteiger partial charge in [-0.15, -0.1) is 0 Å². The van der Waals surface area contributed by atoms with Crippen LogP contribution in [0.2, 0.25) is 0 Å². The first-order chi connectivity index (χ1) is 28.5. The van der Waals surface area contributed by atoms with E-state index in [1.165, 1.54) is 0 Å². The largest absolute Gasteiger partial charge is 0.494 e. The molecule has 4 aliphatic rings. The molecule has 4 aliphatic heterocycles. The number of carbonyl (C=O) groups is 1. The molecule has 0 radical (unpaired) electrons. The highest BCUT2D eigenvalue weighted by Crippen LogP contribution is 2.42. The minimum Gasteiger partial charge on any atom is -0.494 e. The number of rotatable bonds is 12. The van der Waals surface area contributed by atoms with Crippen LogP contribution in [0.15, 0.2) is 77.8 Å².